The lowest BCUT2D eigenvalue weighted by molar-refractivity contribution is -0.129. The monoisotopic (exact) mass is 551 g/mol. The van der Waals surface area contributed by atoms with E-state index in [1.54, 1.807) is 0 Å². The predicted molar refractivity (Wildman–Crippen MR) is 127 cm³/mol. The van der Waals surface area contributed by atoms with Crippen LogP contribution in [0.1, 0.15) is 54.6 Å². The summed E-state index contributed by atoms with van der Waals surface area (Å²) in [7, 11) is 0. The number of carbonyl (C=O) groups excluding carboxylic acids is 3. The maximum atomic E-state index is 14.3. The summed E-state index contributed by atoms with van der Waals surface area (Å²) >= 11 is 0. The molecular weight excluding hydrogens is 525 g/mol. The van der Waals surface area contributed by atoms with Crippen LogP contribution in [0, 0.1) is 34.9 Å². The number of hydrogen-bond donors (Lipinski definition) is 3. The van der Waals surface area contributed by atoms with Gasteiger partial charge < -0.3 is 20.5 Å². The van der Waals surface area contributed by atoms with E-state index < -0.39 is 78.2 Å². The summed E-state index contributed by atoms with van der Waals surface area (Å²) in [5.74, 6) is -7.85. The van der Waals surface area contributed by atoms with Crippen molar-refractivity contribution in [3.8, 4) is 6.07 Å². The molecule has 3 N–H and O–H groups in total. The number of halogens is 5. The van der Waals surface area contributed by atoms with Crippen molar-refractivity contribution in [3.05, 3.63) is 35.3 Å². The molecule has 5 atom stereocenters. The van der Waals surface area contributed by atoms with E-state index >= 15 is 0 Å². The Labute approximate surface area is 219 Å². The number of rotatable bonds is 6. The first-order valence-corrected chi connectivity index (χ1v) is 12.7. The summed E-state index contributed by atoms with van der Waals surface area (Å²) in [4.78, 5) is 42.8. The zero-order chi connectivity index (χ0) is 28.1. The minimum atomic E-state index is -3.03. The van der Waals surface area contributed by atoms with Crippen molar-refractivity contribution in [2.24, 2.45) is 17.8 Å². The summed E-state index contributed by atoms with van der Waals surface area (Å²) in [5, 5.41) is 14.8. The van der Waals surface area contributed by atoms with Crippen LogP contribution < -0.4 is 10.6 Å². The Morgan fingerprint density at radius 3 is 2.69 bits per heavy atom. The summed E-state index contributed by atoms with van der Waals surface area (Å²) in [6.45, 7) is 0.347. The van der Waals surface area contributed by atoms with Crippen LogP contribution in [0.15, 0.2) is 18.2 Å². The molecule has 3 aliphatic rings. The third-order valence-electron chi connectivity index (χ3n) is 7.99. The molecule has 2 aromatic rings. The quantitative estimate of drug-likeness (QED) is 0.475. The Kier molecular flexibility index (Phi) is 6.99. The molecule has 5 rings (SSSR count). The van der Waals surface area contributed by atoms with Crippen LogP contribution in [0.3, 0.4) is 0 Å². The third kappa shape index (κ3) is 5.16. The van der Waals surface area contributed by atoms with Gasteiger partial charge in [0.15, 0.2) is 0 Å². The van der Waals surface area contributed by atoms with Crippen LogP contribution in [-0.4, -0.2) is 58.7 Å². The number of fused-ring (bicyclic) bond motifs is 2. The number of benzene rings is 1. The van der Waals surface area contributed by atoms with E-state index in [1.165, 1.54) is 0 Å². The number of likely N-dealkylation sites (tertiary alicyclic amines) is 1. The fourth-order valence-electron chi connectivity index (χ4n) is 6.27. The summed E-state index contributed by atoms with van der Waals surface area (Å²) in [6, 6.07) is 2.27. The molecule has 0 spiro atoms. The van der Waals surface area contributed by atoms with E-state index in [4.69, 9.17) is 0 Å². The molecule has 1 aliphatic carbocycles. The molecule has 0 bridgehead atoms. The van der Waals surface area contributed by atoms with Crippen molar-refractivity contribution < 1.29 is 36.3 Å². The highest BCUT2D eigenvalue weighted by Crippen LogP contribution is 2.50. The van der Waals surface area contributed by atoms with Crippen LogP contribution in [0.4, 0.5) is 22.0 Å². The highest BCUT2D eigenvalue weighted by Gasteiger charge is 2.58. The number of piperidine rings is 1. The molecule has 8 nitrogen and oxygen atoms in total. The number of nitrogens with zero attached hydrogens (tertiary/aromatic N) is 2. The molecule has 3 fully saturated rings. The van der Waals surface area contributed by atoms with E-state index in [9.17, 15) is 41.6 Å². The molecule has 208 valence electrons. The van der Waals surface area contributed by atoms with Crippen molar-refractivity contribution in [1.29, 1.82) is 5.26 Å². The number of amides is 3. The van der Waals surface area contributed by atoms with Gasteiger partial charge in [-0.05, 0) is 49.3 Å². The molecule has 1 aromatic heterocycles. The van der Waals surface area contributed by atoms with Gasteiger partial charge >= 0.3 is 0 Å². The molecule has 13 heteroatoms. The van der Waals surface area contributed by atoms with E-state index in [-0.39, 0.29) is 35.5 Å². The van der Waals surface area contributed by atoms with Crippen LogP contribution in [0.25, 0.3) is 10.9 Å². The zero-order valence-electron chi connectivity index (χ0n) is 20.7. The highest BCUT2D eigenvalue weighted by molar-refractivity contribution is 6.01. The Morgan fingerprint density at radius 1 is 1.23 bits per heavy atom. The second-order valence-electron chi connectivity index (χ2n) is 10.6. The van der Waals surface area contributed by atoms with E-state index in [2.05, 4.69) is 15.6 Å². The Balaban J connectivity index is 1.41. The van der Waals surface area contributed by atoms with Gasteiger partial charge in [0.25, 0.3) is 12.3 Å². The summed E-state index contributed by atoms with van der Waals surface area (Å²) in [5.41, 5.74) is -0.857. The summed E-state index contributed by atoms with van der Waals surface area (Å²) < 4.78 is 69.4. The molecule has 3 amide bonds. The molecule has 2 saturated heterocycles. The molecule has 0 radical (unpaired) electrons. The molecule has 3 heterocycles. The predicted octanol–water partition coefficient (Wildman–Crippen LogP) is 3.66. The number of aromatic nitrogens is 1. The number of nitrogens with one attached hydrogen (secondary N) is 3. The van der Waals surface area contributed by atoms with Gasteiger partial charge in [0.05, 0.1) is 6.07 Å². The maximum Gasteiger partial charge on any atom is 0.271 e. The largest absolute Gasteiger partial charge is 0.356 e. The Hall–Kier alpha value is -3.69. The highest BCUT2D eigenvalue weighted by atomic mass is 19.3. The van der Waals surface area contributed by atoms with Crippen molar-refractivity contribution in [3.63, 3.8) is 0 Å². The standard InChI is InChI=1S/C26H26F5N5O3/c27-14-5-17(22(28)29)16-7-20(35-19(16)6-14)25(39)36-11-13-8-26(30,31)9-18(13)21(36)24(38)34-15(10-32)4-12-2-1-3-33-23(12)37/h5-7,12-13,15,18,21-22,35H,1-4,8-9,11H2,(H,33,37)(H,34,38)/t12-,13-,15+,18-,21+/m1/s1. The molecule has 39 heavy (non-hydrogen) atoms. The van der Waals surface area contributed by atoms with Crippen LogP contribution in [-0.2, 0) is 9.59 Å². The molecule has 2 aliphatic heterocycles. The average molecular weight is 552 g/mol. The number of H-pyrrole nitrogens is 1. The number of alkyl halides is 4. The van der Waals surface area contributed by atoms with Crippen molar-refractivity contribution >= 4 is 28.6 Å². The maximum absolute atomic E-state index is 14.3. The van der Waals surface area contributed by atoms with Crippen molar-refractivity contribution in [1.82, 2.24) is 20.5 Å². The van der Waals surface area contributed by atoms with Gasteiger partial charge in [-0.15, -0.1) is 0 Å². The topological polar surface area (TPSA) is 118 Å². The lowest BCUT2D eigenvalue weighted by Gasteiger charge is -2.29. The SMILES string of the molecule is N#C[C@H](C[C@H]1CCCNC1=O)NC(=O)[C@@H]1[C@@H]2CC(F)(F)C[C@@H]2CN1C(=O)c1cc2c(C(F)F)cc(F)cc2[nH]1. The number of aromatic amines is 1. The molecule has 1 aromatic carbocycles. The van der Waals surface area contributed by atoms with Gasteiger partial charge in [-0.2, -0.15) is 5.26 Å². The van der Waals surface area contributed by atoms with Crippen LogP contribution in [0.2, 0.25) is 0 Å². The van der Waals surface area contributed by atoms with E-state index in [1.807, 2.05) is 6.07 Å². The number of nitriles is 1. The fraction of sp³-hybridized carbons (Fsp3) is 0.538. The smallest absolute Gasteiger partial charge is 0.271 e. The van der Waals surface area contributed by atoms with Gasteiger partial charge in [-0.25, -0.2) is 22.0 Å². The second-order valence-corrected chi connectivity index (χ2v) is 10.6. The Bertz CT molecular complexity index is 1360. The van der Waals surface area contributed by atoms with Crippen LogP contribution in [0.5, 0.6) is 0 Å². The molecule has 1 saturated carbocycles. The first-order chi connectivity index (χ1) is 18.5. The third-order valence-corrected chi connectivity index (χ3v) is 7.99. The molecule has 0 unspecified atom stereocenters. The van der Waals surface area contributed by atoms with Gasteiger partial charge in [-0.1, -0.05) is 0 Å². The normalized spacial score (nSPS) is 26.8. The first-order valence-electron chi connectivity index (χ1n) is 12.7. The average Bonchev–Trinajstić information content (AvgIpc) is 3.53. The second kappa shape index (κ2) is 10.1. The summed E-state index contributed by atoms with van der Waals surface area (Å²) in [6.07, 6.45) is -2.88. The zero-order valence-corrected chi connectivity index (χ0v) is 20.7. The van der Waals surface area contributed by atoms with Crippen molar-refractivity contribution in [2.45, 2.75) is 56.5 Å². The minimum Gasteiger partial charge on any atom is -0.356 e. The van der Waals surface area contributed by atoms with Gasteiger partial charge in [0.1, 0.15) is 23.6 Å². The minimum absolute atomic E-state index is 0.0307. The van der Waals surface area contributed by atoms with Crippen LogP contribution >= 0.6 is 0 Å². The first kappa shape index (κ1) is 26.9. The van der Waals surface area contributed by atoms with Crippen molar-refractivity contribution in [2.75, 3.05) is 13.1 Å². The van der Waals surface area contributed by atoms with E-state index in [0.717, 1.165) is 17.0 Å². The van der Waals surface area contributed by atoms with E-state index in [0.29, 0.717) is 25.5 Å². The molecular formula is C26H26F5N5O3. The van der Waals surface area contributed by atoms with Gasteiger partial charge in [0, 0.05) is 48.3 Å². The fourth-order valence-corrected chi connectivity index (χ4v) is 6.27. The number of carbonyl (C=O) groups is 3. The lowest BCUT2D eigenvalue weighted by atomic mass is 9.90. The Morgan fingerprint density at radius 2 is 2.00 bits per heavy atom. The number of hydrogen-bond acceptors (Lipinski definition) is 4. The van der Waals surface area contributed by atoms with Gasteiger partial charge in [0.2, 0.25) is 17.7 Å². The van der Waals surface area contributed by atoms with Gasteiger partial charge in [-0.3, -0.25) is 14.4 Å². The lowest BCUT2D eigenvalue weighted by Crippen LogP contribution is -2.52.